The molecule has 0 amide bonds. The maximum atomic E-state index is 5.93. The van der Waals surface area contributed by atoms with Gasteiger partial charge in [0, 0.05) is 17.6 Å². The van der Waals surface area contributed by atoms with Gasteiger partial charge in [0.2, 0.25) is 0 Å². The van der Waals surface area contributed by atoms with Crippen LogP contribution in [-0.2, 0) is 17.8 Å². The smallest absolute Gasteiger partial charge is 0.157 e. The predicted molar refractivity (Wildman–Crippen MR) is 104 cm³/mol. The van der Waals surface area contributed by atoms with Crippen molar-refractivity contribution in [2.45, 2.75) is 26.2 Å². The molecule has 1 saturated heterocycles. The lowest BCUT2D eigenvalue weighted by molar-refractivity contribution is 0.0252. The molecule has 26 heavy (non-hydrogen) atoms. The SMILES string of the molecule is Cc1ccc(CN2CCO[C@H]2c2cn(Cc3cccc(Br)c3)nn2)cc1. The van der Waals surface area contributed by atoms with Crippen molar-refractivity contribution in [1.29, 1.82) is 0 Å². The van der Waals surface area contributed by atoms with E-state index in [2.05, 4.69) is 74.5 Å². The first-order valence-corrected chi connectivity index (χ1v) is 9.52. The van der Waals surface area contributed by atoms with Gasteiger partial charge in [-0.1, -0.05) is 63.1 Å². The fraction of sp³-hybridized carbons (Fsp3) is 0.300. The van der Waals surface area contributed by atoms with E-state index >= 15 is 0 Å². The zero-order valence-electron chi connectivity index (χ0n) is 14.7. The van der Waals surface area contributed by atoms with Crippen LogP contribution in [0.1, 0.15) is 28.6 Å². The van der Waals surface area contributed by atoms with Gasteiger partial charge in [-0.3, -0.25) is 4.90 Å². The number of hydrogen-bond donors (Lipinski definition) is 0. The Morgan fingerprint density at radius 1 is 1.12 bits per heavy atom. The van der Waals surface area contributed by atoms with Crippen LogP contribution in [-0.4, -0.2) is 33.0 Å². The number of nitrogens with zero attached hydrogens (tertiary/aromatic N) is 4. The highest BCUT2D eigenvalue weighted by Crippen LogP contribution is 2.27. The molecule has 0 aliphatic carbocycles. The van der Waals surface area contributed by atoms with Gasteiger partial charge in [-0.05, 0) is 30.2 Å². The maximum absolute atomic E-state index is 5.93. The molecule has 1 aliphatic rings. The molecule has 0 radical (unpaired) electrons. The second kappa shape index (κ2) is 7.70. The van der Waals surface area contributed by atoms with Crippen molar-refractivity contribution in [2.75, 3.05) is 13.2 Å². The van der Waals surface area contributed by atoms with Gasteiger partial charge >= 0.3 is 0 Å². The fourth-order valence-electron chi connectivity index (χ4n) is 3.19. The molecule has 1 aromatic heterocycles. The van der Waals surface area contributed by atoms with E-state index in [1.807, 2.05) is 23.0 Å². The number of hydrogen-bond acceptors (Lipinski definition) is 4. The minimum atomic E-state index is -0.132. The third kappa shape index (κ3) is 4.03. The van der Waals surface area contributed by atoms with Crippen LogP contribution in [0.3, 0.4) is 0 Å². The standard InChI is InChI=1S/C20H21BrN4O/c1-15-5-7-16(8-6-15)12-24-9-10-26-20(24)19-14-25(23-22-19)13-17-3-2-4-18(21)11-17/h2-8,11,14,20H,9-10,12-13H2,1H3/t20-/m0/s1. The molecule has 0 spiro atoms. The lowest BCUT2D eigenvalue weighted by Crippen LogP contribution is -2.23. The van der Waals surface area contributed by atoms with Crippen molar-refractivity contribution >= 4 is 15.9 Å². The normalized spacial score (nSPS) is 17.7. The van der Waals surface area contributed by atoms with E-state index in [9.17, 15) is 0 Å². The van der Waals surface area contributed by atoms with E-state index in [1.165, 1.54) is 16.7 Å². The van der Waals surface area contributed by atoms with Crippen LogP contribution in [0.25, 0.3) is 0 Å². The summed E-state index contributed by atoms with van der Waals surface area (Å²) in [5.74, 6) is 0. The molecule has 0 N–H and O–H groups in total. The Morgan fingerprint density at radius 2 is 1.96 bits per heavy atom. The first-order valence-electron chi connectivity index (χ1n) is 8.73. The van der Waals surface area contributed by atoms with Gasteiger partial charge in [0.25, 0.3) is 0 Å². The number of benzene rings is 2. The van der Waals surface area contributed by atoms with Crippen molar-refractivity contribution in [3.05, 3.63) is 81.6 Å². The molecular weight excluding hydrogens is 392 g/mol. The van der Waals surface area contributed by atoms with Gasteiger partial charge in [0.15, 0.2) is 6.23 Å². The molecular formula is C20H21BrN4O. The van der Waals surface area contributed by atoms with Crippen LogP contribution in [0.4, 0.5) is 0 Å². The van der Waals surface area contributed by atoms with E-state index in [0.717, 1.165) is 29.9 Å². The van der Waals surface area contributed by atoms with Gasteiger partial charge in [0.05, 0.1) is 19.3 Å². The van der Waals surface area contributed by atoms with Gasteiger partial charge in [-0.15, -0.1) is 5.10 Å². The summed E-state index contributed by atoms with van der Waals surface area (Å²) >= 11 is 3.51. The minimum Gasteiger partial charge on any atom is -0.356 e. The second-order valence-corrected chi connectivity index (χ2v) is 7.57. The second-order valence-electron chi connectivity index (χ2n) is 6.65. The monoisotopic (exact) mass is 412 g/mol. The predicted octanol–water partition coefficient (Wildman–Crippen LogP) is 3.93. The Bertz CT molecular complexity index is 878. The van der Waals surface area contributed by atoms with Crippen molar-refractivity contribution in [1.82, 2.24) is 19.9 Å². The van der Waals surface area contributed by atoms with Crippen LogP contribution in [0.15, 0.2) is 59.2 Å². The molecule has 4 rings (SSSR count). The highest BCUT2D eigenvalue weighted by atomic mass is 79.9. The summed E-state index contributed by atoms with van der Waals surface area (Å²) in [6, 6.07) is 16.9. The lowest BCUT2D eigenvalue weighted by atomic mass is 10.1. The van der Waals surface area contributed by atoms with Crippen molar-refractivity contribution in [3.8, 4) is 0 Å². The molecule has 5 nitrogen and oxygen atoms in total. The Labute approximate surface area is 161 Å². The molecule has 1 aliphatic heterocycles. The zero-order chi connectivity index (χ0) is 17.9. The number of halogens is 1. The Balaban J connectivity index is 1.46. The largest absolute Gasteiger partial charge is 0.356 e. The van der Waals surface area contributed by atoms with Gasteiger partial charge in [-0.25, -0.2) is 4.68 Å². The fourth-order valence-corrected chi connectivity index (χ4v) is 3.64. The molecule has 1 fully saturated rings. The molecule has 2 heterocycles. The summed E-state index contributed by atoms with van der Waals surface area (Å²) in [6.07, 6.45) is 1.85. The van der Waals surface area contributed by atoms with E-state index in [0.29, 0.717) is 6.54 Å². The average molecular weight is 413 g/mol. The van der Waals surface area contributed by atoms with Crippen molar-refractivity contribution < 1.29 is 4.74 Å². The average Bonchev–Trinajstić information content (AvgIpc) is 3.26. The lowest BCUT2D eigenvalue weighted by Gasteiger charge is -2.21. The number of ether oxygens (including phenoxy) is 1. The third-order valence-electron chi connectivity index (χ3n) is 4.54. The molecule has 1 atom stereocenters. The highest BCUT2D eigenvalue weighted by molar-refractivity contribution is 9.10. The summed E-state index contributed by atoms with van der Waals surface area (Å²) in [5.41, 5.74) is 4.61. The number of aromatic nitrogens is 3. The quantitative estimate of drug-likeness (QED) is 0.636. The summed E-state index contributed by atoms with van der Waals surface area (Å²) < 4.78 is 8.87. The molecule has 0 unspecified atom stereocenters. The van der Waals surface area contributed by atoms with Crippen LogP contribution in [0, 0.1) is 6.92 Å². The van der Waals surface area contributed by atoms with E-state index in [4.69, 9.17) is 4.74 Å². The van der Waals surface area contributed by atoms with E-state index in [1.54, 1.807) is 0 Å². The van der Waals surface area contributed by atoms with Crippen LogP contribution < -0.4 is 0 Å². The van der Waals surface area contributed by atoms with Gasteiger partial charge in [-0.2, -0.15) is 0 Å². The first kappa shape index (κ1) is 17.4. The third-order valence-corrected chi connectivity index (χ3v) is 5.03. The summed E-state index contributed by atoms with van der Waals surface area (Å²) in [4.78, 5) is 2.30. The molecule has 0 saturated carbocycles. The highest BCUT2D eigenvalue weighted by Gasteiger charge is 2.29. The van der Waals surface area contributed by atoms with Crippen LogP contribution in [0.2, 0.25) is 0 Å². The van der Waals surface area contributed by atoms with Gasteiger partial charge < -0.3 is 4.74 Å². The molecule has 6 heteroatoms. The molecule has 3 aromatic rings. The molecule has 134 valence electrons. The Hall–Kier alpha value is -2.02. The summed E-state index contributed by atoms with van der Waals surface area (Å²) in [7, 11) is 0. The van der Waals surface area contributed by atoms with Crippen LogP contribution >= 0.6 is 15.9 Å². The molecule has 0 bridgehead atoms. The zero-order valence-corrected chi connectivity index (χ0v) is 16.3. The number of aryl methyl sites for hydroxylation is 1. The Kier molecular flexibility index (Phi) is 5.15. The van der Waals surface area contributed by atoms with Crippen molar-refractivity contribution in [3.63, 3.8) is 0 Å². The van der Waals surface area contributed by atoms with Crippen LogP contribution in [0.5, 0.6) is 0 Å². The van der Waals surface area contributed by atoms with Crippen molar-refractivity contribution in [2.24, 2.45) is 0 Å². The van der Waals surface area contributed by atoms with E-state index < -0.39 is 0 Å². The number of rotatable bonds is 5. The van der Waals surface area contributed by atoms with E-state index in [-0.39, 0.29) is 6.23 Å². The maximum Gasteiger partial charge on any atom is 0.157 e. The first-order chi connectivity index (χ1) is 12.7. The summed E-state index contributed by atoms with van der Waals surface area (Å²) in [6.45, 7) is 5.27. The topological polar surface area (TPSA) is 43.2 Å². The van der Waals surface area contributed by atoms with Gasteiger partial charge in [0.1, 0.15) is 5.69 Å². The molecule has 2 aromatic carbocycles. The summed E-state index contributed by atoms with van der Waals surface area (Å²) in [5, 5.41) is 8.64. The minimum absolute atomic E-state index is 0.132. The Morgan fingerprint density at radius 3 is 2.77 bits per heavy atom.